The summed E-state index contributed by atoms with van der Waals surface area (Å²) in [4.78, 5) is 12.4. The Hall–Kier alpha value is -2.28. The molecule has 0 aliphatic rings. The van der Waals surface area contributed by atoms with Crippen molar-refractivity contribution >= 4 is 24.5 Å². The van der Waals surface area contributed by atoms with E-state index in [9.17, 15) is 17.8 Å². The van der Waals surface area contributed by atoms with Gasteiger partial charge in [0.2, 0.25) is 0 Å². The molecule has 2 unspecified atom stereocenters. The van der Waals surface area contributed by atoms with Gasteiger partial charge in [-0.25, -0.2) is 0 Å². The second-order valence-electron chi connectivity index (χ2n) is 6.84. The number of benzene rings is 2. The summed E-state index contributed by atoms with van der Waals surface area (Å²) in [5, 5.41) is 0. The minimum Gasteiger partial charge on any atom is -0.492 e. The summed E-state index contributed by atoms with van der Waals surface area (Å²) in [5.74, 6) is -1.20. The molecule has 2 rings (SSSR count). The van der Waals surface area contributed by atoms with Crippen LogP contribution in [0, 0.1) is 12.8 Å². The number of hydrogen-bond donors (Lipinski definition) is 0. The molecular weight excluding hydrogens is 439 g/mol. The molecule has 0 spiro atoms. The lowest BCUT2D eigenvalue weighted by Gasteiger charge is -2.21. The molecule has 0 heterocycles. The topological polar surface area (TPSA) is 96.0 Å². The van der Waals surface area contributed by atoms with Gasteiger partial charge in [-0.15, -0.1) is 0 Å². The highest BCUT2D eigenvalue weighted by molar-refractivity contribution is 7.86. The Morgan fingerprint density at radius 2 is 1.77 bits per heavy atom. The Morgan fingerprint density at radius 1 is 1.06 bits per heavy atom. The number of aryl methyl sites for hydroxylation is 1. The van der Waals surface area contributed by atoms with Gasteiger partial charge in [-0.3, -0.25) is 13.5 Å². The summed E-state index contributed by atoms with van der Waals surface area (Å²) in [6, 6.07) is 13.8. The average Bonchev–Trinajstić information content (AvgIpc) is 2.74. The highest BCUT2D eigenvalue weighted by Crippen LogP contribution is 2.29. The van der Waals surface area contributed by atoms with Crippen LogP contribution in [0.1, 0.15) is 25.0 Å². The molecule has 0 radical (unpaired) electrons. The van der Waals surface area contributed by atoms with Crippen molar-refractivity contribution in [3.8, 4) is 5.75 Å². The van der Waals surface area contributed by atoms with E-state index < -0.39 is 42.7 Å². The van der Waals surface area contributed by atoms with Gasteiger partial charge in [0.05, 0.1) is 31.4 Å². The maximum absolute atomic E-state index is 12.8. The van der Waals surface area contributed by atoms with E-state index in [0.29, 0.717) is 0 Å². The van der Waals surface area contributed by atoms with Crippen LogP contribution >= 0.6 is 8.46 Å². The molecule has 0 amide bonds. The van der Waals surface area contributed by atoms with Crippen molar-refractivity contribution in [3.63, 3.8) is 0 Å². The molecule has 0 aliphatic carbocycles. The maximum atomic E-state index is 12.8. The average molecular weight is 466 g/mol. The molecular formula is C22H27O7PS. The molecule has 7 nitrogen and oxygen atoms in total. The lowest BCUT2D eigenvalue weighted by molar-refractivity contribution is -0.148. The van der Waals surface area contributed by atoms with Gasteiger partial charge in [-0.2, -0.15) is 8.42 Å². The Kier molecular flexibility index (Phi) is 9.62. The Bertz CT molecular complexity index is 977. The molecule has 0 saturated heterocycles. The van der Waals surface area contributed by atoms with Gasteiger partial charge in [0, 0.05) is 0 Å². The third kappa shape index (κ3) is 7.13. The fourth-order valence-electron chi connectivity index (χ4n) is 3.03. The molecule has 9 heteroatoms. The lowest BCUT2D eigenvalue weighted by atomic mass is 9.96. The summed E-state index contributed by atoms with van der Waals surface area (Å²) in [6.45, 7) is 5.25. The smallest absolute Gasteiger partial charge is 0.310 e. The van der Waals surface area contributed by atoms with Gasteiger partial charge in [-0.05, 0) is 50.5 Å². The Morgan fingerprint density at radius 3 is 2.39 bits per heavy atom. The van der Waals surface area contributed by atoms with Gasteiger partial charge in [-0.1, -0.05) is 36.4 Å². The second kappa shape index (κ2) is 11.9. The molecule has 0 N–H and O–H groups in total. The molecule has 2 aromatic carbocycles. The molecule has 0 aromatic heterocycles. The van der Waals surface area contributed by atoms with E-state index in [1.807, 2.05) is 37.3 Å². The van der Waals surface area contributed by atoms with Crippen LogP contribution in [0.3, 0.4) is 0 Å². The van der Waals surface area contributed by atoms with Crippen molar-refractivity contribution in [2.24, 2.45) is 5.92 Å². The Balaban J connectivity index is 2.24. The highest BCUT2D eigenvalue weighted by atomic mass is 32.2. The summed E-state index contributed by atoms with van der Waals surface area (Å²) in [7, 11) is -4.61. The normalized spacial score (nSPS) is 13.5. The van der Waals surface area contributed by atoms with Gasteiger partial charge >= 0.3 is 16.1 Å². The zero-order valence-corrected chi connectivity index (χ0v) is 19.5. The second-order valence-corrected chi connectivity index (χ2v) is 9.30. The van der Waals surface area contributed by atoms with Crippen molar-refractivity contribution in [3.05, 3.63) is 59.7 Å². The van der Waals surface area contributed by atoms with Crippen LogP contribution in [0.2, 0.25) is 0 Å². The van der Waals surface area contributed by atoms with E-state index in [1.54, 1.807) is 26.0 Å². The van der Waals surface area contributed by atoms with Gasteiger partial charge in [0.15, 0.2) is 8.46 Å². The van der Waals surface area contributed by atoms with Gasteiger partial charge in [0.1, 0.15) is 10.6 Å². The molecule has 0 saturated carbocycles. The summed E-state index contributed by atoms with van der Waals surface area (Å²) in [6.07, 6.45) is 0.248. The van der Waals surface area contributed by atoms with Crippen LogP contribution in [-0.2, 0) is 34.8 Å². The quantitative estimate of drug-likeness (QED) is 0.263. The molecule has 2 aromatic rings. The molecule has 31 heavy (non-hydrogen) atoms. The molecule has 168 valence electrons. The highest BCUT2D eigenvalue weighted by Gasteiger charge is 2.33. The third-order valence-electron chi connectivity index (χ3n) is 4.55. The number of carbonyl (C=O) groups is 1. The predicted molar refractivity (Wildman–Crippen MR) is 117 cm³/mol. The minimum atomic E-state index is -4.20. The van der Waals surface area contributed by atoms with Crippen molar-refractivity contribution in [1.29, 1.82) is 0 Å². The van der Waals surface area contributed by atoms with Gasteiger partial charge in [0.25, 0.3) is 0 Å². The third-order valence-corrected chi connectivity index (χ3v) is 6.65. The number of ether oxygens (including phenoxy) is 2. The SMILES string of the molecule is CCOC(=O)C(Cc1ccccc1)C(COS(=O)(=O)c1ccc(C)cc1OCC)P=O. The first-order valence-electron chi connectivity index (χ1n) is 9.98. The van der Waals surface area contributed by atoms with Crippen molar-refractivity contribution in [2.75, 3.05) is 19.8 Å². The van der Waals surface area contributed by atoms with Crippen molar-refractivity contribution in [2.45, 2.75) is 37.7 Å². The van der Waals surface area contributed by atoms with E-state index in [1.165, 1.54) is 6.07 Å². The van der Waals surface area contributed by atoms with Crippen LogP contribution in [0.5, 0.6) is 5.75 Å². The molecule has 0 bridgehead atoms. The predicted octanol–water partition coefficient (Wildman–Crippen LogP) is 4.18. The summed E-state index contributed by atoms with van der Waals surface area (Å²) in [5.41, 5.74) is 0.771. The number of hydrogen-bond acceptors (Lipinski definition) is 7. The standard InChI is InChI=1S/C22H27O7PS/c1-4-27-19-13-16(3)11-12-21(19)31(25,26)29-15-20(30-24)18(22(23)28-5-2)14-17-9-7-6-8-10-17/h6-13,18,20H,4-5,14-15H2,1-3H3. The van der Waals surface area contributed by atoms with Crippen molar-refractivity contribution in [1.82, 2.24) is 0 Å². The first-order chi connectivity index (χ1) is 14.8. The number of carbonyl (C=O) groups excluding carboxylic acids is 1. The van der Waals surface area contributed by atoms with E-state index >= 15 is 0 Å². The van der Waals surface area contributed by atoms with E-state index in [2.05, 4.69) is 0 Å². The van der Waals surface area contributed by atoms with Crippen LogP contribution in [0.4, 0.5) is 0 Å². The van der Waals surface area contributed by atoms with Crippen LogP contribution < -0.4 is 4.74 Å². The molecule has 0 fully saturated rings. The number of rotatable bonds is 12. The van der Waals surface area contributed by atoms with E-state index in [-0.39, 0.29) is 30.3 Å². The summed E-state index contributed by atoms with van der Waals surface area (Å²) >= 11 is 0. The first kappa shape index (κ1) is 25.0. The minimum absolute atomic E-state index is 0.114. The van der Waals surface area contributed by atoms with Crippen molar-refractivity contribution < 1.29 is 31.4 Å². The van der Waals surface area contributed by atoms with Crippen LogP contribution in [0.15, 0.2) is 53.4 Å². The molecule has 0 aliphatic heterocycles. The Labute approximate surface area is 185 Å². The molecule has 2 atom stereocenters. The zero-order valence-electron chi connectivity index (χ0n) is 17.8. The summed E-state index contributed by atoms with van der Waals surface area (Å²) < 4.78 is 53.3. The van der Waals surface area contributed by atoms with Crippen LogP contribution in [0.25, 0.3) is 0 Å². The lowest BCUT2D eigenvalue weighted by Crippen LogP contribution is -2.32. The van der Waals surface area contributed by atoms with E-state index in [4.69, 9.17) is 13.7 Å². The number of esters is 1. The zero-order chi connectivity index (χ0) is 22.9. The largest absolute Gasteiger partial charge is 0.492 e. The first-order valence-corrected chi connectivity index (χ1v) is 12.3. The fourth-order valence-corrected chi connectivity index (χ4v) is 4.69. The van der Waals surface area contributed by atoms with E-state index in [0.717, 1.165) is 11.1 Å². The maximum Gasteiger partial charge on any atom is 0.310 e. The van der Waals surface area contributed by atoms with Gasteiger partial charge < -0.3 is 9.47 Å². The monoisotopic (exact) mass is 466 g/mol. The van der Waals surface area contributed by atoms with Crippen LogP contribution in [-0.4, -0.2) is 39.9 Å². The fraction of sp³-hybridized carbons (Fsp3) is 0.409.